The van der Waals surface area contributed by atoms with E-state index >= 15 is 0 Å². The highest BCUT2D eigenvalue weighted by Crippen LogP contribution is 2.25. The number of aliphatic hydroxyl groups is 1. The summed E-state index contributed by atoms with van der Waals surface area (Å²) in [5.41, 5.74) is 2.57. The zero-order chi connectivity index (χ0) is 21.2. The topological polar surface area (TPSA) is 99.1 Å². The molecule has 1 aliphatic rings. The number of aryl methyl sites for hydroxylation is 1. The van der Waals surface area contributed by atoms with Gasteiger partial charge in [-0.2, -0.15) is 0 Å². The first kappa shape index (κ1) is 23.2. The van der Waals surface area contributed by atoms with Gasteiger partial charge in [-0.15, -0.1) is 0 Å². The van der Waals surface area contributed by atoms with Crippen molar-refractivity contribution in [2.24, 2.45) is 11.8 Å². The van der Waals surface area contributed by atoms with E-state index in [-0.39, 0.29) is 5.91 Å². The molecule has 7 nitrogen and oxygen atoms in total. The van der Waals surface area contributed by atoms with Gasteiger partial charge in [-0.05, 0) is 55.7 Å². The lowest BCUT2D eigenvalue weighted by Gasteiger charge is -2.35. The number of nitrogens with zero attached hydrogens (tertiary/aromatic N) is 1. The van der Waals surface area contributed by atoms with Crippen molar-refractivity contribution in [3.8, 4) is 5.75 Å². The van der Waals surface area contributed by atoms with Gasteiger partial charge in [-0.1, -0.05) is 31.9 Å². The smallest absolute Gasteiger partial charge is 0.272 e. The molecule has 0 spiro atoms. The molecule has 1 fully saturated rings. The number of amides is 2. The summed E-state index contributed by atoms with van der Waals surface area (Å²) >= 11 is 0. The molecule has 1 aromatic rings. The van der Waals surface area contributed by atoms with Crippen molar-refractivity contribution in [3.05, 3.63) is 29.8 Å². The largest absolute Gasteiger partial charge is 0.497 e. The summed E-state index contributed by atoms with van der Waals surface area (Å²) in [4.78, 5) is 26.6. The first-order valence-corrected chi connectivity index (χ1v) is 10.5. The fraction of sp³-hybridized carbons (Fsp3) is 0.636. The Labute approximate surface area is 173 Å². The maximum atomic E-state index is 13.0. The fourth-order valence-electron chi connectivity index (χ4n) is 4.07. The molecule has 0 saturated carbocycles. The Morgan fingerprint density at radius 3 is 2.45 bits per heavy atom. The van der Waals surface area contributed by atoms with E-state index in [1.807, 2.05) is 24.3 Å². The Balaban J connectivity index is 1.96. The molecule has 7 heteroatoms. The molecule has 0 aliphatic carbocycles. The number of ether oxygens (including phenoxy) is 1. The maximum absolute atomic E-state index is 13.0. The summed E-state index contributed by atoms with van der Waals surface area (Å²) in [6.45, 7) is 3.48. The number of hydrogen-bond donors (Lipinski definition) is 3. The molecule has 0 radical (unpaired) electrons. The van der Waals surface area contributed by atoms with Gasteiger partial charge in [0, 0.05) is 13.1 Å². The maximum Gasteiger partial charge on any atom is 0.272 e. The van der Waals surface area contributed by atoms with Gasteiger partial charge in [0.05, 0.1) is 13.0 Å². The standard InChI is InChI=1S/C22H34N2O5/c1-3-5-16-12-14-24(15-13-16)22(27)19(20(25)21(26)23-28)7-4-6-17-8-10-18(29-2)11-9-17/h8-11,16,19-20,25,28H,3-7,12-15H2,1-2H3,(H,23,26)/t19-,20+/m1/s1. The summed E-state index contributed by atoms with van der Waals surface area (Å²) in [5, 5.41) is 19.2. The van der Waals surface area contributed by atoms with Gasteiger partial charge >= 0.3 is 0 Å². The zero-order valence-corrected chi connectivity index (χ0v) is 17.5. The molecule has 0 unspecified atom stereocenters. The molecule has 29 heavy (non-hydrogen) atoms. The number of methoxy groups -OCH3 is 1. The number of hydrogen-bond acceptors (Lipinski definition) is 5. The third-order valence-electron chi connectivity index (χ3n) is 5.84. The average Bonchev–Trinajstić information content (AvgIpc) is 2.76. The van der Waals surface area contributed by atoms with Crippen LogP contribution < -0.4 is 10.2 Å². The first-order chi connectivity index (χ1) is 14.0. The molecule has 2 atom stereocenters. The van der Waals surface area contributed by atoms with Crippen molar-refractivity contribution in [2.75, 3.05) is 20.2 Å². The van der Waals surface area contributed by atoms with Gasteiger partial charge in [-0.3, -0.25) is 14.8 Å². The van der Waals surface area contributed by atoms with Crippen LogP contribution in [-0.4, -0.2) is 53.3 Å². The molecule has 2 rings (SSSR count). The highest BCUT2D eigenvalue weighted by molar-refractivity contribution is 5.88. The second-order valence-corrected chi connectivity index (χ2v) is 7.83. The van der Waals surface area contributed by atoms with Crippen molar-refractivity contribution >= 4 is 11.8 Å². The summed E-state index contributed by atoms with van der Waals surface area (Å²) in [6.07, 6.45) is 4.40. The molecule has 2 amide bonds. The number of nitrogens with one attached hydrogen (secondary N) is 1. The van der Waals surface area contributed by atoms with E-state index in [1.54, 1.807) is 12.0 Å². The fourth-order valence-corrected chi connectivity index (χ4v) is 4.07. The van der Waals surface area contributed by atoms with Gasteiger partial charge in [0.2, 0.25) is 5.91 Å². The minimum atomic E-state index is -1.56. The second-order valence-electron chi connectivity index (χ2n) is 7.83. The van der Waals surface area contributed by atoms with E-state index < -0.39 is 17.9 Å². The third-order valence-corrected chi connectivity index (χ3v) is 5.84. The summed E-state index contributed by atoms with van der Waals surface area (Å²) in [6, 6.07) is 7.69. The lowest BCUT2D eigenvalue weighted by Crippen LogP contribution is -2.48. The molecule has 0 bridgehead atoms. The lowest BCUT2D eigenvalue weighted by molar-refractivity contribution is -0.151. The van der Waals surface area contributed by atoms with Crippen LogP contribution in [-0.2, 0) is 16.0 Å². The molecule has 1 aromatic carbocycles. The van der Waals surface area contributed by atoms with Crippen LogP contribution in [0.3, 0.4) is 0 Å². The minimum Gasteiger partial charge on any atom is -0.497 e. The minimum absolute atomic E-state index is 0.203. The van der Waals surface area contributed by atoms with Gasteiger partial charge in [0.1, 0.15) is 11.9 Å². The average molecular weight is 407 g/mol. The highest BCUT2D eigenvalue weighted by Gasteiger charge is 2.35. The molecule has 0 aromatic heterocycles. The molecule has 1 heterocycles. The zero-order valence-electron chi connectivity index (χ0n) is 17.5. The highest BCUT2D eigenvalue weighted by atomic mass is 16.5. The Kier molecular flexibility index (Phi) is 9.41. The number of piperidine rings is 1. The van der Waals surface area contributed by atoms with Crippen molar-refractivity contribution in [2.45, 2.75) is 58.0 Å². The van der Waals surface area contributed by atoms with E-state index in [1.165, 1.54) is 11.9 Å². The number of likely N-dealkylation sites (tertiary alicyclic amines) is 1. The Morgan fingerprint density at radius 2 is 1.90 bits per heavy atom. The van der Waals surface area contributed by atoms with Gasteiger partial charge in [0.15, 0.2) is 0 Å². The van der Waals surface area contributed by atoms with Gasteiger partial charge in [0.25, 0.3) is 5.91 Å². The van der Waals surface area contributed by atoms with Crippen LogP contribution >= 0.6 is 0 Å². The number of carbonyl (C=O) groups is 2. The van der Waals surface area contributed by atoms with E-state index in [0.29, 0.717) is 31.8 Å². The molecular formula is C22H34N2O5. The predicted molar refractivity (Wildman–Crippen MR) is 110 cm³/mol. The van der Waals surface area contributed by atoms with Crippen LogP contribution in [0.4, 0.5) is 0 Å². The van der Waals surface area contributed by atoms with E-state index in [2.05, 4.69) is 6.92 Å². The lowest BCUT2D eigenvalue weighted by atomic mass is 9.89. The number of aliphatic hydroxyl groups excluding tert-OH is 1. The van der Waals surface area contributed by atoms with Crippen molar-refractivity contribution in [1.29, 1.82) is 0 Å². The van der Waals surface area contributed by atoms with Crippen LogP contribution in [0.25, 0.3) is 0 Å². The summed E-state index contributed by atoms with van der Waals surface area (Å²) < 4.78 is 5.15. The summed E-state index contributed by atoms with van der Waals surface area (Å²) in [7, 11) is 1.61. The number of carbonyl (C=O) groups excluding carboxylic acids is 2. The molecule has 3 N–H and O–H groups in total. The van der Waals surface area contributed by atoms with Crippen LogP contribution in [0.5, 0.6) is 5.75 Å². The molecule has 1 aliphatic heterocycles. The van der Waals surface area contributed by atoms with Crippen LogP contribution in [0.2, 0.25) is 0 Å². The van der Waals surface area contributed by atoms with Gasteiger partial charge in [-0.25, -0.2) is 5.48 Å². The quantitative estimate of drug-likeness (QED) is 0.410. The van der Waals surface area contributed by atoms with E-state index in [4.69, 9.17) is 9.94 Å². The van der Waals surface area contributed by atoms with E-state index in [0.717, 1.165) is 37.0 Å². The molecular weight excluding hydrogens is 372 g/mol. The number of benzene rings is 1. The Morgan fingerprint density at radius 1 is 1.24 bits per heavy atom. The number of rotatable bonds is 10. The Hall–Kier alpha value is -2.12. The van der Waals surface area contributed by atoms with E-state index in [9.17, 15) is 14.7 Å². The Bertz CT molecular complexity index is 641. The van der Waals surface area contributed by atoms with Crippen molar-refractivity contribution in [1.82, 2.24) is 10.4 Å². The van der Waals surface area contributed by atoms with Crippen molar-refractivity contribution in [3.63, 3.8) is 0 Å². The van der Waals surface area contributed by atoms with Crippen LogP contribution in [0.15, 0.2) is 24.3 Å². The molecule has 162 valence electrons. The normalized spacial score (nSPS) is 16.9. The third kappa shape index (κ3) is 6.72. The summed E-state index contributed by atoms with van der Waals surface area (Å²) in [5.74, 6) is -0.575. The SMILES string of the molecule is CCCC1CCN(C(=O)[C@H](CCCc2ccc(OC)cc2)[C@H](O)C(=O)NO)CC1. The second kappa shape index (κ2) is 11.8. The molecule has 1 saturated heterocycles. The van der Waals surface area contributed by atoms with Crippen molar-refractivity contribution < 1.29 is 24.6 Å². The van der Waals surface area contributed by atoms with Crippen LogP contribution in [0.1, 0.15) is 51.0 Å². The predicted octanol–water partition coefficient (Wildman–Crippen LogP) is 2.54. The number of hydroxylamine groups is 1. The van der Waals surface area contributed by atoms with Gasteiger partial charge < -0.3 is 14.7 Å². The first-order valence-electron chi connectivity index (χ1n) is 10.5. The van der Waals surface area contributed by atoms with Crippen LogP contribution in [0, 0.1) is 11.8 Å². The monoisotopic (exact) mass is 406 g/mol.